The molecule has 0 saturated carbocycles. The van der Waals surface area contributed by atoms with Crippen LogP contribution in [0.1, 0.15) is 5.56 Å². The predicted octanol–water partition coefficient (Wildman–Crippen LogP) is 2.73. The van der Waals surface area contributed by atoms with E-state index in [9.17, 15) is 0 Å². The van der Waals surface area contributed by atoms with Gasteiger partial charge in [-0.3, -0.25) is 0 Å². The average molecular weight is 209 g/mol. The van der Waals surface area contributed by atoms with E-state index in [1.165, 1.54) is 10.9 Å². The maximum Gasteiger partial charge on any atom is 0.154 e. The van der Waals surface area contributed by atoms with Crippen LogP contribution in [0, 0.1) is 6.92 Å². The van der Waals surface area contributed by atoms with Crippen molar-refractivity contribution in [2.75, 3.05) is 0 Å². The summed E-state index contributed by atoms with van der Waals surface area (Å²) in [7, 11) is 0. The van der Waals surface area contributed by atoms with Crippen LogP contribution in [0.2, 0.25) is 0 Å². The van der Waals surface area contributed by atoms with Crippen LogP contribution in [-0.4, -0.2) is 14.8 Å². The molecule has 0 spiro atoms. The van der Waals surface area contributed by atoms with E-state index in [-0.39, 0.29) is 0 Å². The molecule has 0 atom stereocenters. The highest BCUT2D eigenvalue weighted by atomic mass is 15.3. The maximum atomic E-state index is 4.58. The largest absolute Gasteiger partial charge is 0.229 e. The fraction of sp³-hybridized carbons (Fsp3) is 0.0769. The van der Waals surface area contributed by atoms with Crippen LogP contribution < -0.4 is 0 Å². The number of rotatable bonds is 1. The van der Waals surface area contributed by atoms with Gasteiger partial charge in [-0.2, -0.15) is 5.10 Å². The normalized spacial score (nSPS) is 10.8. The smallest absolute Gasteiger partial charge is 0.154 e. The number of fused-ring (bicyclic) bond motifs is 1. The van der Waals surface area contributed by atoms with E-state index in [0.717, 1.165) is 11.3 Å². The van der Waals surface area contributed by atoms with Gasteiger partial charge in [-0.15, -0.1) is 0 Å². The summed E-state index contributed by atoms with van der Waals surface area (Å²) in [5, 5.41) is 5.38. The van der Waals surface area contributed by atoms with Gasteiger partial charge >= 0.3 is 0 Å². The highest BCUT2D eigenvalue weighted by molar-refractivity contribution is 5.82. The van der Waals surface area contributed by atoms with E-state index < -0.39 is 0 Å². The molecule has 0 radical (unpaired) electrons. The van der Waals surface area contributed by atoms with Crippen molar-refractivity contribution in [3.05, 3.63) is 54.4 Å². The first-order valence-electron chi connectivity index (χ1n) is 5.21. The van der Waals surface area contributed by atoms with Crippen LogP contribution in [0.4, 0.5) is 0 Å². The van der Waals surface area contributed by atoms with Gasteiger partial charge in [0.25, 0.3) is 0 Å². The summed E-state index contributed by atoms with van der Waals surface area (Å²) in [6.07, 6.45) is 3.66. The molecule has 0 unspecified atom stereocenters. The summed E-state index contributed by atoms with van der Waals surface area (Å²) in [4.78, 5) is 4.58. The molecule has 0 fully saturated rings. The van der Waals surface area contributed by atoms with Gasteiger partial charge in [0.15, 0.2) is 5.82 Å². The fourth-order valence-electron chi connectivity index (χ4n) is 1.85. The lowest BCUT2D eigenvalue weighted by atomic mass is 10.1. The molecule has 2 heterocycles. The number of nitrogens with zero attached hydrogens (tertiary/aromatic N) is 3. The van der Waals surface area contributed by atoms with E-state index in [1.54, 1.807) is 10.9 Å². The Morgan fingerprint density at radius 3 is 2.81 bits per heavy atom. The molecule has 0 aliphatic carbocycles. The van der Waals surface area contributed by atoms with Gasteiger partial charge in [0.1, 0.15) is 0 Å². The first-order valence-corrected chi connectivity index (χ1v) is 5.21. The molecule has 78 valence electrons. The molecule has 0 bridgehead atoms. The zero-order valence-corrected chi connectivity index (χ0v) is 8.96. The SMILES string of the molecule is Cc1cc(-n2cccn2)nc2ccccc12. The van der Waals surface area contributed by atoms with E-state index in [0.29, 0.717) is 0 Å². The number of hydrogen-bond acceptors (Lipinski definition) is 2. The lowest BCUT2D eigenvalue weighted by Crippen LogP contribution is -1.99. The number of aromatic nitrogens is 3. The Labute approximate surface area is 93.4 Å². The van der Waals surface area contributed by atoms with Crippen molar-refractivity contribution in [3.63, 3.8) is 0 Å². The lowest BCUT2D eigenvalue weighted by molar-refractivity contribution is 0.851. The Morgan fingerprint density at radius 1 is 1.12 bits per heavy atom. The van der Waals surface area contributed by atoms with Gasteiger partial charge in [0.05, 0.1) is 5.52 Å². The third kappa shape index (κ3) is 1.37. The molecule has 16 heavy (non-hydrogen) atoms. The lowest BCUT2D eigenvalue weighted by Gasteiger charge is -2.05. The van der Waals surface area contributed by atoms with Gasteiger partial charge in [-0.25, -0.2) is 9.67 Å². The Kier molecular flexibility index (Phi) is 1.96. The van der Waals surface area contributed by atoms with Crippen LogP contribution in [0.25, 0.3) is 16.7 Å². The molecule has 3 rings (SSSR count). The van der Waals surface area contributed by atoms with Crippen molar-refractivity contribution in [2.45, 2.75) is 6.92 Å². The summed E-state index contributed by atoms with van der Waals surface area (Å²) in [6, 6.07) is 12.1. The quantitative estimate of drug-likeness (QED) is 0.617. The van der Waals surface area contributed by atoms with Gasteiger partial charge in [0, 0.05) is 17.8 Å². The van der Waals surface area contributed by atoms with Gasteiger partial charge in [-0.05, 0) is 30.7 Å². The zero-order chi connectivity index (χ0) is 11.0. The first kappa shape index (κ1) is 9.09. The van der Waals surface area contributed by atoms with Crippen molar-refractivity contribution in [1.82, 2.24) is 14.8 Å². The fourth-order valence-corrected chi connectivity index (χ4v) is 1.85. The van der Waals surface area contributed by atoms with Crippen molar-refractivity contribution in [2.24, 2.45) is 0 Å². The van der Waals surface area contributed by atoms with E-state index in [4.69, 9.17) is 0 Å². The molecular weight excluding hydrogens is 198 g/mol. The Morgan fingerprint density at radius 2 is 2.00 bits per heavy atom. The second-order valence-corrected chi connectivity index (χ2v) is 3.77. The minimum absolute atomic E-state index is 0.862. The number of benzene rings is 1. The summed E-state index contributed by atoms with van der Waals surface area (Å²) < 4.78 is 1.78. The number of hydrogen-bond donors (Lipinski definition) is 0. The van der Waals surface area contributed by atoms with Crippen molar-refractivity contribution >= 4 is 10.9 Å². The molecule has 0 amide bonds. The third-order valence-electron chi connectivity index (χ3n) is 2.65. The molecule has 0 aliphatic rings. The zero-order valence-electron chi connectivity index (χ0n) is 8.96. The van der Waals surface area contributed by atoms with E-state index in [2.05, 4.69) is 29.1 Å². The third-order valence-corrected chi connectivity index (χ3v) is 2.65. The molecule has 1 aromatic carbocycles. The molecule has 0 saturated heterocycles. The standard InChI is InChI=1S/C13H11N3/c1-10-9-13(16-8-4-7-14-16)15-12-6-3-2-5-11(10)12/h2-9H,1H3. The van der Waals surface area contributed by atoms with Crippen LogP contribution in [0.3, 0.4) is 0 Å². The number of para-hydroxylation sites is 1. The molecule has 2 aromatic heterocycles. The summed E-state index contributed by atoms with van der Waals surface area (Å²) in [5.74, 6) is 0.862. The monoisotopic (exact) mass is 209 g/mol. The highest BCUT2D eigenvalue weighted by Gasteiger charge is 2.03. The van der Waals surface area contributed by atoms with E-state index in [1.807, 2.05) is 30.5 Å². The Bertz CT molecular complexity index is 627. The Balaban J connectivity index is 2.29. The van der Waals surface area contributed by atoms with Gasteiger partial charge < -0.3 is 0 Å². The molecule has 0 aliphatic heterocycles. The number of pyridine rings is 1. The first-order chi connectivity index (χ1) is 7.84. The minimum Gasteiger partial charge on any atom is -0.229 e. The van der Waals surface area contributed by atoms with Crippen LogP contribution >= 0.6 is 0 Å². The Hall–Kier alpha value is -2.16. The number of aryl methyl sites for hydroxylation is 1. The summed E-state index contributed by atoms with van der Waals surface area (Å²) >= 11 is 0. The van der Waals surface area contributed by atoms with Gasteiger partial charge in [-0.1, -0.05) is 18.2 Å². The van der Waals surface area contributed by atoms with Crippen LogP contribution in [-0.2, 0) is 0 Å². The van der Waals surface area contributed by atoms with E-state index >= 15 is 0 Å². The van der Waals surface area contributed by atoms with Gasteiger partial charge in [0.2, 0.25) is 0 Å². The average Bonchev–Trinajstić information content (AvgIpc) is 2.82. The minimum atomic E-state index is 0.862. The molecule has 0 N–H and O–H groups in total. The molecule has 3 heteroatoms. The summed E-state index contributed by atoms with van der Waals surface area (Å²) in [6.45, 7) is 2.09. The second-order valence-electron chi connectivity index (χ2n) is 3.77. The molecular formula is C13H11N3. The molecule has 3 nitrogen and oxygen atoms in total. The van der Waals surface area contributed by atoms with Crippen molar-refractivity contribution < 1.29 is 0 Å². The van der Waals surface area contributed by atoms with Crippen LogP contribution in [0.5, 0.6) is 0 Å². The summed E-state index contributed by atoms with van der Waals surface area (Å²) in [5.41, 5.74) is 2.23. The highest BCUT2D eigenvalue weighted by Crippen LogP contribution is 2.18. The van der Waals surface area contributed by atoms with Crippen molar-refractivity contribution in [3.8, 4) is 5.82 Å². The van der Waals surface area contributed by atoms with Crippen molar-refractivity contribution in [1.29, 1.82) is 0 Å². The van der Waals surface area contributed by atoms with Crippen LogP contribution in [0.15, 0.2) is 48.8 Å². The molecule has 3 aromatic rings. The predicted molar refractivity (Wildman–Crippen MR) is 63.6 cm³/mol. The second kappa shape index (κ2) is 3.45. The topological polar surface area (TPSA) is 30.7 Å². The maximum absolute atomic E-state index is 4.58.